The van der Waals surface area contributed by atoms with Crippen molar-refractivity contribution in [3.8, 4) is 0 Å². The molecule has 0 radical (unpaired) electrons. The lowest BCUT2D eigenvalue weighted by Gasteiger charge is -2.43. The molecule has 4 nitrogen and oxygen atoms in total. The highest BCUT2D eigenvalue weighted by molar-refractivity contribution is 5.80. The van der Waals surface area contributed by atoms with Crippen molar-refractivity contribution in [3.63, 3.8) is 0 Å². The Hall–Kier alpha value is -1.39. The number of benzene rings is 1. The molecule has 110 valence electrons. The third-order valence-corrected chi connectivity index (χ3v) is 4.62. The molecule has 1 atom stereocenters. The highest BCUT2D eigenvalue weighted by atomic mass is 16.4. The van der Waals surface area contributed by atoms with Crippen LogP contribution in [0, 0.1) is 13.8 Å². The number of carboxylic acids is 1. The largest absolute Gasteiger partial charge is 0.480 e. The van der Waals surface area contributed by atoms with Gasteiger partial charge in [-0.1, -0.05) is 18.2 Å². The maximum Gasteiger partial charge on any atom is 0.328 e. The Balaban J connectivity index is 2.38. The maximum atomic E-state index is 11.9. The molecule has 1 fully saturated rings. The van der Waals surface area contributed by atoms with Gasteiger partial charge in [0.2, 0.25) is 0 Å². The molecule has 0 aromatic heterocycles. The highest BCUT2D eigenvalue weighted by Crippen LogP contribution is 2.31. The van der Waals surface area contributed by atoms with Crippen LogP contribution in [0.25, 0.3) is 0 Å². The van der Waals surface area contributed by atoms with Crippen molar-refractivity contribution in [2.75, 3.05) is 33.2 Å². The molecule has 1 N–H and O–H groups in total. The summed E-state index contributed by atoms with van der Waals surface area (Å²) in [6.45, 7) is 9.29. The van der Waals surface area contributed by atoms with Gasteiger partial charge in [-0.2, -0.15) is 0 Å². The number of likely N-dealkylation sites (N-methyl/N-ethyl adjacent to an activating group) is 1. The summed E-state index contributed by atoms with van der Waals surface area (Å²) in [5, 5.41) is 9.81. The summed E-state index contributed by atoms with van der Waals surface area (Å²) in [6.07, 6.45) is 0. The number of hydrogen-bond donors (Lipinski definition) is 1. The average molecular weight is 276 g/mol. The van der Waals surface area contributed by atoms with E-state index in [1.54, 1.807) is 0 Å². The van der Waals surface area contributed by atoms with Crippen LogP contribution >= 0.6 is 0 Å². The second kappa shape index (κ2) is 5.54. The SMILES string of the molecule is Cc1ccc(C(C)(C(=O)O)N2CCN(C)CC2)cc1C. The van der Waals surface area contributed by atoms with Crippen molar-refractivity contribution < 1.29 is 9.90 Å². The normalized spacial score (nSPS) is 20.6. The summed E-state index contributed by atoms with van der Waals surface area (Å²) in [7, 11) is 2.07. The number of nitrogens with zero attached hydrogens (tertiary/aromatic N) is 2. The quantitative estimate of drug-likeness (QED) is 0.915. The highest BCUT2D eigenvalue weighted by Gasteiger charge is 2.42. The van der Waals surface area contributed by atoms with Crippen LogP contribution in [0.5, 0.6) is 0 Å². The minimum Gasteiger partial charge on any atom is -0.480 e. The van der Waals surface area contributed by atoms with Crippen molar-refractivity contribution in [3.05, 3.63) is 34.9 Å². The van der Waals surface area contributed by atoms with E-state index in [2.05, 4.69) is 16.8 Å². The Morgan fingerprint density at radius 3 is 2.25 bits per heavy atom. The van der Waals surface area contributed by atoms with E-state index in [9.17, 15) is 9.90 Å². The minimum atomic E-state index is -0.945. The first-order valence-corrected chi connectivity index (χ1v) is 7.10. The van der Waals surface area contributed by atoms with Crippen LogP contribution in [0.2, 0.25) is 0 Å². The first-order chi connectivity index (χ1) is 9.35. The van der Waals surface area contributed by atoms with Crippen molar-refractivity contribution in [1.29, 1.82) is 0 Å². The lowest BCUT2D eigenvalue weighted by atomic mass is 9.87. The van der Waals surface area contributed by atoms with Crippen LogP contribution in [-0.2, 0) is 10.3 Å². The van der Waals surface area contributed by atoms with Crippen LogP contribution < -0.4 is 0 Å². The predicted octanol–water partition coefficient (Wildman–Crippen LogP) is 1.85. The molecular weight excluding hydrogens is 252 g/mol. The van der Waals surface area contributed by atoms with Gasteiger partial charge in [0.15, 0.2) is 0 Å². The lowest BCUT2D eigenvalue weighted by Crippen LogP contribution is -2.56. The molecule has 0 saturated carbocycles. The van der Waals surface area contributed by atoms with Crippen molar-refractivity contribution in [1.82, 2.24) is 9.80 Å². The lowest BCUT2D eigenvalue weighted by molar-refractivity contribution is -0.152. The first kappa shape index (κ1) is 15.0. The molecule has 20 heavy (non-hydrogen) atoms. The minimum absolute atomic E-state index is 0.773. The zero-order valence-electron chi connectivity index (χ0n) is 12.8. The second-order valence-corrected chi connectivity index (χ2v) is 5.97. The Morgan fingerprint density at radius 2 is 1.75 bits per heavy atom. The van der Waals surface area contributed by atoms with Crippen molar-refractivity contribution in [2.24, 2.45) is 0 Å². The van der Waals surface area contributed by atoms with Crippen molar-refractivity contribution in [2.45, 2.75) is 26.3 Å². The molecule has 1 unspecified atom stereocenters. The van der Waals surface area contributed by atoms with Gasteiger partial charge in [-0.05, 0) is 44.5 Å². The molecule has 0 aliphatic carbocycles. The number of hydrogen-bond acceptors (Lipinski definition) is 3. The molecule has 0 amide bonds. The van der Waals surface area contributed by atoms with Gasteiger partial charge in [0.05, 0.1) is 0 Å². The fourth-order valence-corrected chi connectivity index (χ4v) is 2.74. The summed E-state index contributed by atoms with van der Waals surface area (Å²) >= 11 is 0. The van der Waals surface area contributed by atoms with Crippen LogP contribution in [-0.4, -0.2) is 54.1 Å². The summed E-state index contributed by atoms with van der Waals surface area (Å²) in [6, 6.07) is 5.98. The Labute approximate surface area is 121 Å². The number of carbonyl (C=O) groups is 1. The third kappa shape index (κ3) is 2.58. The summed E-state index contributed by atoms with van der Waals surface area (Å²) in [4.78, 5) is 16.3. The third-order valence-electron chi connectivity index (χ3n) is 4.62. The fraction of sp³-hybridized carbons (Fsp3) is 0.562. The second-order valence-electron chi connectivity index (χ2n) is 5.97. The van der Waals surface area contributed by atoms with Crippen molar-refractivity contribution >= 4 is 5.97 Å². The van der Waals surface area contributed by atoms with E-state index in [0.717, 1.165) is 37.3 Å². The molecule has 1 aromatic rings. The molecule has 1 aromatic carbocycles. The molecule has 1 aliphatic heterocycles. The smallest absolute Gasteiger partial charge is 0.328 e. The van der Waals surface area contributed by atoms with Gasteiger partial charge >= 0.3 is 5.97 Å². The fourth-order valence-electron chi connectivity index (χ4n) is 2.74. The van der Waals surface area contributed by atoms with E-state index in [1.165, 1.54) is 5.56 Å². The first-order valence-electron chi connectivity index (χ1n) is 7.10. The van der Waals surface area contributed by atoms with Gasteiger partial charge in [-0.25, -0.2) is 4.79 Å². The number of rotatable bonds is 3. The number of piperazine rings is 1. The summed E-state index contributed by atoms with van der Waals surface area (Å²) in [5.74, 6) is -0.773. The Morgan fingerprint density at radius 1 is 1.15 bits per heavy atom. The molecule has 4 heteroatoms. The monoisotopic (exact) mass is 276 g/mol. The van der Waals surface area contributed by atoms with Crippen LogP contribution in [0.4, 0.5) is 0 Å². The molecule has 0 bridgehead atoms. The van der Waals surface area contributed by atoms with E-state index >= 15 is 0 Å². The van der Waals surface area contributed by atoms with E-state index in [1.807, 2.05) is 39.0 Å². The number of aryl methyl sites for hydroxylation is 2. The van der Waals surface area contributed by atoms with Gasteiger partial charge in [0.25, 0.3) is 0 Å². The molecule has 0 spiro atoms. The van der Waals surface area contributed by atoms with Crippen LogP contribution in [0.15, 0.2) is 18.2 Å². The van der Waals surface area contributed by atoms with Gasteiger partial charge in [-0.15, -0.1) is 0 Å². The average Bonchev–Trinajstić information content (AvgIpc) is 2.41. The zero-order valence-corrected chi connectivity index (χ0v) is 12.8. The van der Waals surface area contributed by atoms with Crippen LogP contribution in [0.3, 0.4) is 0 Å². The van der Waals surface area contributed by atoms with E-state index < -0.39 is 11.5 Å². The maximum absolute atomic E-state index is 11.9. The van der Waals surface area contributed by atoms with Gasteiger partial charge < -0.3 is 10.0 Å². The Kier molecular flexibility index (Phi) is 4.16. The Bertz CT molecular complexity index is 507. The van der Waals surface area contributed by atoms with Gasteiger partial charge in [0, 0.05) is 26.2 Å². The zero-order chi connectivity index (χ0) is 14.9. The predicted molar refractivity (Wildman–Crippen MR) is 80.0 cm³/mol. The summed E-state index contributed by atoms with van der Waals surface area (Å²) < 4.78 is 0. The topological polar surface area (TPSA) is 43.8 Å². The molecule has 1 aliphatic rings. The van der Waals surface area contributed by atoms with Gasteiger partial charge in [-0.3, -0.25) is 4.90 Å². The number of carboxylic acid groups (broad SMARTS) is 1. The standard InChI is InChI=1S/C16H24N2O2/c1-12-5-6-14(11-13(12)2)16(3,15(19)20)18-9-7-17(4)8-10-18/h5-6,11H,7-10H2,1-4H3,(H,19,20). The summed E-state index contributed by atoms with van der Waals surface area (Å²) in [5.41, 5.74) is 2.27. The van der Waals surface area contributed by atoms with E-state index in [0.29, 0.717) is 0 Å². The molecule has 1 heterocycles. The van der Waals surface area contributed by atoms with E-state index in [4.69, 9.17) is 0 Å². The molecular formula is C16H24N2O2. The van der Waals surface area contributed by atoms with Crippen LogP contribution in [0.1, 0.15) is 23.6 Å². The number of aliphatic carboxylic acids is 1. The molecule has 1 saturated heterocycles. The van der Waals surface area contributed by atoms with E-state index in [-0.39, 0.29) is 0 Å². The van der Waals surface area contributed by atoms with Gasteiger partial charge in [0.1, 0.15) is 5.54 Å². The molecule has 2 rings (SSSR count).